The van der Waals surface area contributed by atoms with E-state index in [1.54, 1.807) is 0 Å². The molecule has 1 fully saturated rings. The molecule has 21 heavy (non-hydrogen) atoms. The number of β-amino-alcohol motifs (C(OH)–C–C–N with tert-alkyl or cyclic N) is 1. The molecule has 0 aromatic heterocycles. The Morgan fingerprint density at radius 2 is 2.14 bits per heavy atom. The summed E-state index contributed by atoms with van der Waals surface area (Å²) in [5.74, 6) is 0.845. The summed E-state index contributed by atoms with van der Waals surface area (Å²) in [5, 5.41) is 14.3. The molecule has 1 aromatic rings. The van der Waals surface area contributed by atoms with Crippen LogP contribution in [0.15, 0.2) is 23.2 Å². The lowest BCUT2D eigenvalue weighted by molar-refractivity contribution is 0.188. The highest BCUT2D eigenvalue weighted by atomic mass is 35.5. The van der Waals surface area contributed by atoms with E-state index in [-0.39, 0.29) is 6.10 Å². The zero-order chi connectivity index (χ0) is 15.2. The van der Waals surface area contributed by atoms with Gasteiger partial charge in [0, 0.05) is 36.2 Å². The van der Waals surface area contributed by atoms with Crippen LogP contribution in [0.25, 0.3) is 0 Å². The van der Waals surface area contributed by atoms with Crippen molar-refractivity contribution in [2.75, 3.05) is 26.2 Å². The monoisotopic (exact) mass is 329 g/mol. The van der Waals surface area contributed by atoms with Crippen molar-refractivity contribution in [3.05, 3.63) is 33.8 Å². The highest BCUT2D eigenvalue weighted by molar-refractivity contribution is 6.35. The first kappa shape index (κ1) is 16.4. The van der Waals surface area contributed by atoms with Crippen LogP contribution in [0.5, 0.6) is 0 Å². The molecule has 0 radical (unpaired) electrons. The number of hydrogen-bond donors (Lipinski definition) is 2. The summed E-state index contributed by atoms with van der Waals surface area (Å²) in [6, 6.07) is 5.52. The van der Waals surface area contributed by atoms with Crippen LogP contribution in [-0.2, 0) is 6.42 Å². The summed E-state index contributed by atoms with van der Waals surface area (Å²) in [6.45, 7) is 4.92. The lowest BCUT2D eigenvalue weighted by Gasteiger charge is -2.21. The zero-order valence-electron chi connectivity index (χ0n) is 12.1. The molecule has 0 bridgehead atoms. The van der Waals surface area contributed by atoms with Crippen LogP contribution in [0.1, 0.15) is 18.9 Å². The first-order chi connectivity index (χ1) is 10.1. The predicted molar refractivity (Wildman–Crippen MR) is 88.3 cm³/mol. The topological polar surface area (TPSA) is 47.9 Å². The van der Waals surface area contributed by atoms with E-state index in [2.05, 4.69) is 15.2 Å². The van der Waals surface area contributed by atoms with Crippen LogP contribution in [0, 0.1) is 0 Å². The van der Waals surface area contributed by atoms with Crippen LogP contribution >= 0.6 is 23.2 Å². The van der Waals surface area contributed by atoms with Gasteiger partial charge in [0.1, 0.15) is 0 Å². The number of likely N-dealkylation sites (tertiary alicyclic amines) is 1. The lowest BCUT2D eigenvalue weighted by Crippen LogP contribution is -2.40. The van der Waals surface area contributed by atoms with Crippen molar-refractivity contribution in [1.82, 2.24) is 10.2 Å². The summed E-state index contributed by atoms with van der Waals surface area (Å²) in [5.41, 5.74) is 0.932. The Kier molecular flexibility index (Phi) is 6.15. The largest absolute Gasteiger partial charge is 0.391 e. The van der Waals surface area contributed by atoms with Gasteiger partial charge in [0.05, 0.1) is 6.10 Å². The minimum Gasteiger partial charge on any atom is -0.391 e. The normalized spacial score (nSPS) is 19.1. The molecule has 1 aliphatic heterocycles. The van der Waals surface area contributed by atoms with E-state index < -0.39 is 0 Å². The summed E-state index contributed by atoms with van der Waals surface area (Å²) in [7, 11) is 0. The van der Waals surface area contributed by atoms with Crippen molar-refractivity contribution in [2.24, 2.45) is 4.99 Å². The van der Waals surface area contributed by atoms with Crippen molar-refractivity contribution in [2.45, 2.75) is 25.9 Å². The van der Waals surface area contributed by atoms with Crippen LogP contribution in [0.3, 0.4) is 0 Å². The van der Waals surface area contributed by atoms with Crippen LogP contribution in [0.4, 0.5) is 0 Å². The van der Waals surface area contributed by atoms with Gasteiger partial charge in [0.2, 0.25) is 0 Å². The maximum Gasteiger partial charge on any atom is 0.194 e. The fourth-order valence-corrected chi connectivity index (χ4v) is 2.99. The molecule has 1 atom stereocenters. The molecule has 2 N–H and O–H groups in total. The average molecular weight is 330 g/mol. The van der Waals surface area contributed by atoms with Gasteiger partial charge in [-0.15, -0.1) is 0 Å². The van der Waals surface area contributed by atoms with Gasteiger partial charge in [-0.2, -0.15) is 0 Å². The van der Waals surface area contributed by atoms with Crippen LogP contribution < -0.4 is 5.32 Å². The van der Waals surface area contributed by atoms with Gasteiger partial charge >= 0.3 is 0 Å². The molecule has 0 saturated carbocycles. The first-order valence-corrected chi connectivity index (χ1v) is 8.01. The second kappa shape index (κ2) is 7.87. The fourth-order valence-electron chi connectivity index (χ4n) is 2.40. The maximum absolute atomic E-state index is 9.63. The molecule has 116 valence electrons. The number of halogens is 2. The molecule has 0 unspecified atom stereocenters. The third kappa shape index (κ3) is 4.50. The average Bonchev–Trinajstić information content (AvgIpc) is 2.87. The number of aliphatic hydroxyl groups excluding tert-OH is 1. The summed E-state index contributed by atoms with van der Waals surface area (Å²) in [4.78, 5) is 6.70. The van der Waals surface area contributed by atoms with Gasteiger partial charge in [-0.05, 0) is 37.5 Å². The second-order valence-electron chi connectivity index (χ2n) is 5.07. The Morgan fingerprint density at radius 1 is 1.43 bits per heavy atom. The fraction of sp³-hybridized carbons (Fsp3) is 0.533. The van der Waals surface area contributed by atoms with Crippen molar-refractivity contribution < 1.29 is 5.11 Å². The van der Waals surface area contributed by atoms with Crippen molar-refractivity contribution in [3.63, 3.8) is 0 Å². The molecule has 1 heterocycles. The third-order valence-corrected chi connectivity index (χ3v) is 4.19. The van der Waals surface area contributed by atoms with E-state index in [1.807, 2.05) is 25.1 Å². The predicted octanol–water partition coefficient (Wildman–Crippen LogP) is 2.57. The highest BCUT2D eigenvalue weighted by Crippen LogP contribution is 2.24. The number of aliphatic imine (C=N–C) groups is 1. The lowest BCUT2D eigenvalue weighted by atomic mass is 10.1. The molecule has 1 aliphatic rings. The van der Waals surface area contributed by atoms with E-state index >= 15 is 0 Å². The number of hydrogen-bond acceptors (Lipinski definition) is 2. The number of nitrogens with zero attached hydrogens (tertiary/aromatic N) is 2. The van der Waals surface area contributed by atoms with E-state index in [0.717, 1.165) is 31.0 Å². The molecule has 1 saturated heterocycles. The van der Waals surface area contributed by atoms with E-state index in [9.17, 15) is 5.11 Å². The minimum absolute atomic E-state index is 0.258. The third-order valence-electron chi connectivity index (χ3n) is 3.48. The van der Waals surface area contributed by atoms with Crippen molar-refractivity contribution in [3.8, 4) is 0 Å². The molecule has 6 heteroatoms. The van der Waals surface area contributed by atoms with Crippen molar-refractivity contribution >= 4 is 29.2 Å². The SMILES string of the molecule is CCNC(=NCCc1c(Cl)cccc1Cl)N1CC[C@@H](O)C1. The Labute approximate surface area is 135 Å². The van der Waals surface area contributed by atoms with Gasteiger partial charge in [-0.1, -0.05) is 29.3 Å². The van der Waals surface area contributed by atoms with E-state index in [4.69, 9.17) is 23.2 Å². The molecule has 2 rings (SSSR count). The van der Waals surface area contributed by atoms with Crippen molar-refractivity contribution in [1.29, 1.82) is 0 Å². The zero-order valence-corrected chi connectivity index (χ0v) is 13.7. The number of nitrogens with one attached hydrogen (secondary N) is 1. The Bertz CT molecular complexity index is 487. The van der Waals surface area contributed by atoms with Crippen LogP contribution in [0.2, 0.25) is 10.0 Å². The minimum atomic E-state index is -0.258. The van der Waals surface area contributed by atoms with Crippen LogP contribution in [-0.4, -0.2) is 48.2 Å². The number of rotatable bonds is 4. The smallest absolute Gasteiger partial charge is 0.194 e. The first-order valence-electron chi connectivity index (χ1n) is 7.26. The molecular formula is C15H21Cl2N3O. The maximum atomic E-state index is 9.63. The quantitative estimate of drug-likeness (QED) is 0.659. The Morgan fingerprint density at radius 3 is 2.71 bits per heavy atom. The van der Waals surface area contributed by atoms with Gasteiger partial charge < -0.3 is 15.3 Å². The standard InChI is InChI=1S/C15H21Cl2N3O/c1-2-18-15(20-9-7-11(21)10-20)19-8-6-12-13(16)4-3-5-14(12)17/h3-5,11,21H,2,6-10H2,1H3,(H,18,19)/t11-/m1/s1. The molecule has 0 spiro atoms. The Balaban J connectivity index is 2.00. The highest BCUT2D eigenvalue weighted by Gasteiger charge is 2.22. The molecule has 1 aromatic carbocycles. The Hall–Kier alpha value is -0.970. The summed E-state index contributed by atoms with van der Waals surface area (Å²) in [6.07, 6.45) is 1.23. The second-order valence-corrected chi connectivity index (χ2v) is 5.89. The number of aliphatic hydroxyl groups is 1. The van der Waals surface area contributed by atoms with E-state index in [1.165, 1.54) is 0 Å². The molecule has 4 nitrogen and oxygen atoms in total. The number of benzene rings is 1. The summed E-state index contributed by atoms with van der Waals surface area (Å²) >= 11 is 12.3. The van der Waals surface area contributed by atoms with Gasteiger partial charge in [0.15, 0.2) is 5.96 Å². The molecule has 0 amide bonds. The summed E-state index contributed by atoms with van der Waals surface area (Å²) < 4.78 is 0. The molecule has 0 aliphatic carbocycles. The van der Waals surface area contributed by atoms with Gasteiger partial charge in [-0.3, -0.25) is 4.99 Å². The van der Waals surface area contributed by atoms with Gasteiger partial charge in [0.25, 0.3) is 0 Å². The van der Waals surface area contributed by atoms with E-state index in [0.29, 0.717) is 29.6 Å². The number of guanidine groups is 1. The van der Waals surface area contributed by atoms with Gasteiger partial charge in [-0.25, -0.2) is 0 Å². The molecular weight excluding hydrogens is 309 g/mol.